The zero-order valence-corrected chi connectivity index (χ0v) is 15.7. The average Bonchev–Trinajstić information content (AvgIpc) is 2.52. The Morgan fingerprint density at radius 2 is 1.96 bits per heavy atom. The van der Waals surface area contributed by atoms with Crippen LogP contribution in [0.25, 0.3) is 0 Å². The van der Waals surface area contributed by atoms with E-state index in [1.54, 1.807) is 4.90 Å². The Kier molecular flexibility index (Phi) is 6.64. The maximum atomic E-state index is 12.5. The molecule has 0 N–H and O–H groups in total. The molecule has 0 unspecified atom stereocenters. The molecule has 0 fully saturated rings. The molecule has 0 spiro atoms. The Morgan fingerprint density at radius 3 is 2.67 bits per heavy atom. The van der Waals surface area contributed by atoms with Crippen LogP contribution in [0, 0.1) is 0 Å². The monoisotopic (exact) mass is 332 g/mol. The summed E-state index contributed by atoms with van der Waals surface area (Å²) >= 11 is 0. The van der Waals surface area contributed by atoms with Gasteiger partial charge in [-0.2, -0.15) is 0 Å². The second kappa shape index (κ2) is 8.50. The van der Waals surface area contributed by atoms with Crippen molar-refractivity contribution in [3.8, 4) is 0 Å². The molecule has 0 aromatic carbocycles. The minimum absolute atomic E-state index is 0.281. The number of aryl methyl sites for hydroxylation is 2. The maximum Gasteiger partial charge on any atom is 0.416 e. The molecule has 4 heteroatoms. The molecule has 0 radical (unpaired) electrons. The molecule has 1 amide bonds. The van der Waals surface area contributed by atoms with E-state index in [2.05, 4.69) is 19.1 Å². The number of nitrogens with zero attached hydrogens (tertiary/aromatic N) is 2. The topological polar surface area (TPSA) is 42.4 Å². The number of unbranched alkanes of at least 4 members (excludes halogenated alkanes) is 4. The average molecular weight is 332 g/mol. The molecule has 0 saturated heterocycles. The van der Waals surface area contributed by atoms with Crippen LogP contribution in [0.3, 0.4) is 0 Å². The first-order valence-corrected chi connectivity index (χ1v) is 9.40. The lowest BCUT2D eigenvalue weighted by atomic mass is 10.0. The van der Waals surface area contributed by atoms with Crippen LogP contribution >= 0.6 is 0 Å². The zero-order valence-electron chi connectivity index (χ0n) is 15.7. The fourth-order valence-electron chi connectivity index (χ4n) is 3.02. The molecular formula is C20H32N2O2. The van der Waals surface area contributed by atoms with Crippen molar-refractivity contribution in [2.24, 2.45) is 0 Å². The maximum absolute atomic E-state index is 12.5. The first-order valence-electron chi connectivity index (χ1n) is 9.40. The number of carbonyl (C=O) groups excluding carboxylic acids is 1. The first-order chi connectivity index (χ1) is 11.4. The predicted octanol–water partition coefficient (Wildman–Crippen LogP) is 5.28. The van der Waals surface area contributed by atoms with E-state index < -0.39 is 5.60 Å². The fraction of sp³-hybridized carbons (Fsp3) is 0.700. The molecule has 0 saturated carbocycles. The van der Waals surface area contributed by atoms with Crippen LogP contribution in [0.4, 0.5) is 10.6 Å². The summed E-state index contributed by atoms with van der Waals surface area (Å²) in [7, 11) is 0. The normalized spacial score (nSPS) is 14.4. The van der Waals surface area contributed by atoms with Gasteiger partial charge < -0.3 is 4.74 Å². The van der Waals surface area contributed by atoms with Gasteiger partial charge in [-0.3, -0.25) is 4.90 Å². The summed E-state index contributed by atoms with van der Waals surface area (Å²) in [6.07, 6.45) is 8.94. The summed E-state index contributed by atoms with van der Waals surface area (Å²) < 4.78 is 5.55. The molecule has 2 rings (SSSR count). The second-order valence-corrected chi connectivity index (χ2v) is 7.69. The van der Waals surface area contributed by atoms with E-state index >= 15 is 0 Å². The van der Waals surface area contributed by atoms with E-state index in [-0.39, 0.29) is 6.09 Å². The van der Waals surface area contributed by atoms with Gasteiger partial charge >= 0.3 is 6.09 Å². The number of hydrogen-bond donors (Lipinski definition) is 0. The SMILES string of the molecule is CCCCCCCc1ccc2c(n1)N(C(=O)OC(C)(C)C)CCC2. The van der Waals surface area contributed by atoms with Crippen LogP contribution < -0.4 is 4.90 Å². The van der Waals surface area contributed by atoms with Crippen LogP contribution in [0.15, 0.2) is 12.1 Å². The minimum Gasteiger partial charge on any atom is -0.443 e. The van der Waals surface area contributed by atoms with Gasteiger partial charge in [0.15, 0.2) is 0 Å². The number of anilines is 1. The standard InChI is InChI=1S/C20H32N2O2/c1-5-6-7-8-9-12-17-14-13-16-11-10-15-22(18(16)21-17)19(23)24-20(2,3)4/h13-14H,5-12,15H2,1-4H3. The van der Waals surface area contributed by atoms with Gasteiger partial charge in [0.2, 0.25) is 0 Å². The largest absolute Gasteiger partial charge is 0.443 e. The van der Waals surface area contributed by atoms with Crippen molar-refractivity contribution in [3.63, 3.8) is 0 Å². The van der Waals surface area contributed by atoms with Crippen molar-refractivity contribution < 1.29 is 9.53 Å². The third kappa shape index (κ3) is 5.50. The van der Waals surface area contributed by atoms with Crippen LogP contribution in [0.1, 0.15) is 77.5 Å². The quantitative estimate of drug-likeness (QED) is 0.665. The van der Waals surface area contributed by atoms with Gasteiger partial charge in [-0.25, -0.2) is 9.78 Å². The Labute approximate surface area is 146 Å². The lowest BCUT2D eigenvalue weighted by molar-refractivity contribution is 0.0576. The van der Waals surface area contributed by atoms with Gasteiger partial charge in [0.1, 0.15) is 11.4 Å². The summed E-state index contributed by atoms with van der Waals surface area (Å²) in [5.41, 5.74) is 1.76. The van der Waals surface area contributed by atoms with Gasteiger partial charge in [0, 0.05) is 12.2 Å². The van der Waals surface area contributed by atoms with Crippen LogP contribution in [-0.4, -0.2) is 23.2 Å². The Balaban J connectivity index is 2.04. The number of aromatic nitrogens is 1. The second-order valence-electron chi connectivity index (χ2n) is 7.69. The molecule has 2 heterocycles. The molecule has 0 atom stereocenters. The smallest absolute Gasteiger partial charge is 0.416 e. The van der Waals surface area contributed by atoms with E-state index in [0.717, 1.165) is 42.8 Å². The summed E-state index contributed by atoms with van der Waals surface area (Å²) in [5, 5.41) is 0. The lowest BCUT2D eigenvalue weighted by Gasteiger charge is -2.31. The zero-order chi connectivity index (χ0) is 17.6. The van der Waals surface area contributed by atoms with E-state index in [9.17, 15) is 4.79 Å². The molecule has 1 aromatic rings. The summed E-state index contributed by atoms with van der Waals surface area (Å²) in [5.74, 6) is 0.807. The number of ether oxygens (including phenoxy) is 1. The van der Waals surface area contributed by atoms with Crippen molar-refractivity contribution in [1.82, 2.24) is 4.98 Å². The highest BCUT2D eigenvalue weighted by molar-refractivity contribution is 5.88. The van der Waals surface area contributed by atoms with E-state index in [1.165, 1.54) is 25.7 Å². The molecule has 4 nitrogen and oxygen atoms in total. The minimum atomic E-state index is -0.481. The highest BCUT2D eigenvalue weighted by Crippen LogP contribution is 2.27. The van der Waals surface area contributed by atoms with Crippen molar-refractivity contribution in [3.05, 3.63) is 23.4 Å². The fourth-order valence-corrected chi connectivity index (χ4v) is 3.02. The highest BCUT2D eigenvalue weighted by atomic mass is 16.6. The summed E-state index contributed by atoms with van der Waals surface area (Å²) in [4.78, 5) is 19.0. The number of rotatable bonds is 6. The molecule has 0 aliphatic carbocycles. The molecular weight excluding hydrogens is 300 g/mol. The molecule has 134 valence electrons. The first kappa shape index (κ1) is 18.8. The molecule has 1 aliphatic heterocycles. The van der Waals surface area contributed by atoms with Gasteiger partial charge in [-0.05, 0) is 58.1 Å². The van der Waals surface area contributed by atoms with Gasteiger partial charge in [-0.1, -0.05) is 38.7 Å². The number of fused-ring (bicyclic) bond motifs is 1. The summed E-state index contributed by atoms with van der Waals surface area (Å²) in [6, 6.07) is 4.26. The number of carbonyl (C=O) groups is 1. The molecule has 0 bridgehead atoms. The van der Waals surface area contributed by atoms with E-state index in [4.69, 9.17) is 9.72 Å². The number of pyridine rings is 1. The molecule has 24 heavy (non-hydrogen) atoms. The third-order valence-corrected chi connectivity index (χ3v) is 4.25. The molecule has 1 aromatic heterocycles. The van der Waals surface area contributed by atoms with Gasteiger partial charge in [0.25, 0.3) is 0 Å². The van der Waals surface area contributed by atoms with Gasteiger partial charge in [0.05, 0.1) is 0 Å². The van der Waals surface area contributed by atoms with Crippen molar-refractivity contribution in [2.45, 2.75) is 84.7 Å². The lowest BCUT2D eigenvalue weighted by Crippen LogP contribution is -2.40. The van der Waals surface area contributed by atoms with E-state index in [0.29, 0.717) is 6.54 Å². The molecule has 1 aliphatic rings. The third-order valence-electron chi connectivity index (χ3n) is 4.25. The van der Waals surface area contributed by atoms with Crippen molar-refractivity contribution >= 4 is 11.9 Å². The Morgan fingerprint density at radius 1 is 1.21 bits per heavy atom. The van der Waals surface area contributed by atoms with Crippen LogP contribution in [0.2, 0.25) is 0 Å². The predicted molar refractivity (Wildman–Crippen MR) is 98.6 cm³/mol. The number of hydrogen-bond acceptors (Lipinski definition) is 3. The number of amides is 1. The van der Waals surface area contributed by atoms with Gasteiger partial charge in [-0.15, -0.1) is 0 Å². The van der Waals surface area contributed by atoms with Crippen LogP contribution in [0.5, 0.6) is 0 Å². The Bertz CT molecular complexity index is 549. The van der Waals surface area contributed by atoms with Crippen molar-refractivity contribution in [2.75, 3.05) is 11.4 Å². The van der Waals surface area contributed by atoms with Crippen LogP contribution in [-0.2, 0) is 17.6 Å². The highest BCUT2D eigenvalue weighted by Gasteiger charge is 2.28. The van der Waals surface area contributed by atoms with E-state index in [1.807, 2.05) is 20.8 Å². The Hall–Kier alpha value is -1.58. The van der Waals surface area contributed by atoms with Crippen molar-refractivity contribution in [1.29, 1.82) is 0 Å². The summed E-state index contributed by atoms with van der Waals surface area (Å²) in [6.45, 7) is 8.62.